The van der Waals surface area contributed by atoms with Gasteiger partial charge in [-0.3, -0.25) is 0 Å². The molecule has 0 aliphatic carbocycles. The van der Waals surface area contributed by atoms with Gasteiger partial charge >= 0.3 is 0 Å². The molecule has 3 rings (SSSR count). The lowest BCUT2D eigenvalue weighted by atomic mass is 10.1. The molecule has 1 saturated heterocycles. The minimum atomic E-state index is 0.0722. The van der Waals surface area contributed by atoms with Crippen LogP contribution in [0.3, 0.4) is 0 Å². The van der Waals surface area contributed by atoms with Crippen LogP contribution in [0.5, 0.6) is 11.5 Å². The fourth-order valence-electron chi connectivity index (χ4n) is 3.08. The van der Waals surface area contributed by atoms with E-state index in [1.807, 2.05) is 23.0 Å². The van der Waals surface area contributed by atoms with Gasteiger partial charge in [0, 0.05) is 18.7 Å². The largest absolute Gasteiger partial charge is 0.507 e. The molecule has 1 aliphatic heterocycles. The van der Waals surface area contributed by atoms with E-state index in [-0.39, 0.29) is 17.8 Å². The van der Waals surface area contributed by atoms with Gasteiger partial charge < -0.3 is 19.5 Å². The molecule has 0 saturated carbocycles. The van der Waals surface area contributed by atoms with Crippen LogP contribution in [0, 0.1) is 0 Å². The van der Waals surface area contributed by atoms with Crippen molar-refractivity contribution in [3.8, 4) is 11.5 Å². The molecule has 2 aromatic rings. The molecule has 1 unspecified atom stereocenters. The van der Waals surface area contributed by atoms with Gasteiger partial charge in [0.25, 0.3) is 0 Å². The predicted octanol–water partition coefficient (Wildman–Crippen LogP) is 3.10. The van der Waals surface area contributed by atoms with Crippen molar-refractivity contribution in [1.82, 2.24) is 9.78 Å². The van der Waals surface area contributed by atoms with Crippen molar-refractivity contribution in [3.05, 3.63) is 42.6 Å². The SMILES string of the molecule is C=Cc1c(O)cccc1OCC1COCCN1c1ccnn1C(C)C. The molecule has 1 aliphatic rings. The Morgan fingerprint density at radius 3 is 3.04 bits per heavy atom. The van der Waals surface area contributed by atoms with Crippen LogP contribution >= 0.6 is 0 Å². The maximum absolute atomic E-state index is 9.93. The number of ether oxygens (including phenoxy) is 2. The summed E-state index contributed by atoms with van der Waals surface area (Å²) in [7, 11) is 0. The van der Waals surface area contributed by atoms with Gasteiger partial charge in [-0.2, -0.15) is 5.10 Å². The number of nitrogens with zero attached hydrogens (tertiary/aromatic N) is 3. The number of phenols is 1. The minimum Gasteiger partial charge on any atom is -0.507 e. The summed E-state index contributed by atoms with van der Waals surface area (Å²) in [5, 5.41) is 14.4. The fraction of sp³-hybridized carbons (Fsp3) is 0.421. The summed E-state index contributed by atoms with van der Waals surface area (Å²) < 4.78 is 13.7. The number of aromatic hydroxyl groups is 1. The molecule has 1 N–H and O–H groups in total. The van der Waals surface area contributed by atoms with E-state index < -0.39 is 0 Å². The third-order valence-corrected chi connectivity index (χ3v) is 4.34. The predicted molar refractivity (Wildman–Crippen MR) is 98.3 cm³/mol. The molecule has 0 spiro atoms. The minimum absolute atomic E-state index is 0.0722. The number of phenolic OH excluding ortho intramolecular Hbond substituents is 1. The molecule has 1 aromatic carbocycles. The lowest BCUT2D eigenvalue weighted by Gasteiger charge is -2.37. The van der Waals surface area contributed by atoms with Crippen LogP contribution in [0.2, 0.25) is 0 Å². The van der Waals surface area contributed by atoms with Crippen molar-refractivity contribution in [2.24, 2.45) is 0 Å². The lowest BCUT2D eigenvalue weighted by Crippen LogP contribution is -2.49. The van der Waals surface area contributed by atoms with Gasteiger partial charge in [-0.25, -0.2) is 4.68 Å². The van der Waals surface area contributed by atoms with Crippen molar-refractivity contribution in [1.29, 1.82) is 0 Å². The molecule has 0 bridgehead atoms. The highest BCUT2D eigenvalue weighted by Gasteiger charge is 2.27. The molecule has 0 amide bonds. The first kappa shape index (κ1) is 17.4. The average Bonchev–Trinajstić information content (AvgIpc) is 3.10. The number of benzene rings is 1. The van der Waals surface area contributed by atoms with E-state index in [2.05, 4.69) is 30.4 Å². The highest BCUT2D eigenvalue weighted by molar-refractivity contribution is 5.62. The first-order chi connectivity index (χ1) is 12.1. The third-order valence-electron chi connectivity index (χ3n) is 4.34. The molecule has 6 heteroatoms. The Balaban J connectivity index is 1.77. The van der Waals surface area contributed by atoms with Crippen LogP contribution in [-0.4, -0.2) is 47.3 Å². The van der Waals surface area contributed by atoms with Crippen molar-refractivity contribution >= 4 is 11.9 Å². The Kier molecular flexibility index (Phi) is 5.28. The van der Waals surface area contributed by atoms with Crippen molar-refractivity contribution in [3.63, 3.8) is 0 Å². The van der Waals surface area contributed by atoms with Crippen LogP contribution in [0.15, 0.2) is 37.0 Å². The second kappa shape index (κ2) is 7.61. The van der Waals surface area contributed by atoms with Crippen LogP contribution in [0.1, 0.15) is 25.5 Å². The topological polar surface area (TPSA) is 59.8 Å². The highest BCUT2D eigenvalue weighted by atomic mass is 16.5. The van der Waals surface area contributed by atoms with E-state index in [0.717, 1.165) is 12.4 Å². The first-order valence-electron chi connectivity index (χ1n) is 8.57. The Bertz CT molecular complexity index is 726. The smallest absolute Gasteiger partial charge is 0.130 e. The normalized spacial score (nSPS) is 17.7. The van der Waals surface area contributed by atoms with Gasteiger partial charge in [-0.15, -0.1) is 0 Å². The quantitative estimate of drug-likeness (QED) is 0.873. The number of hydrogen-bond donors (Lipinski definition) is 1. The van der Waals surface area contributed by atoms with Gasteiger partial charge in [0.1, 0.15) is 23.9 Å². The molecule has 1 atom stereocenters. The fourth-order valence-corrected chi connectivity index (χ4v) is 3.08. The second-order valence-corrected chi connectivity index (χ2v) is 6.35. The summed E-state index contributed by atoms with van der Waals surface area (Å²) in [5.74, 6) is 1.87. The third kappa shape index (κ3) is 3.64. The molecule has 6 nitrogen and oxygen atoms in total. The standard InChI is InChI=1S/C19H25N3O3/c1-4-16-17(23)6-5-7-18(16)25-13-15-12-24-11-10-21(15)19-8-9-20-22(19)14(2)3/h4-9,14-15,23H,1,10-13H2,2-3H3. The number of rotatable bonds is 6. The Morgan fingerprint density at radius 1 is 1.44 bits per heavy atom. The van der Waals surface area contributed by atoms with E-state index >= 15 is 0 Å². The van der Waals surface area contributed by atoms with Crippen LogP contribution in [-0.2, 0) is 4.74 Å². The maximum Gasteiger partial charge on any atom is 0.130 e. The Hall–Kier alpha value is -2.47. The molecule has 1 fully saturated rings. The van der Waals surface area contributed by atoms with E-state index in [1.54, 1.807) is 18.2 Å². The van der Waals surface area contributed by atoms with Gasteiger partial charge in [0.15, 0.2) is 0 Å². The van der Waals surface area contributed by atoms with Crippen molar-refractivity contribution in [2.45, 2.75) is 25.9 Å². The van der Waals surface area contributed by atoms with Gasteiger partial charge in [-0.1, -0.05) is 18.7 Å². The maximum atomic E-state index is 9.93. The second-order valence-electron chi connectivity index (χ2n) is 6.35. The van der Waals surface area contributed by atoms with Gasteiger partial charge in [0.2, 0.25) is 0 Å². The lowest BCUT2D eigenvalue weighted by molar-refractivity contribution is 0.0758. The number of anilines is 1. The van der Waals surface area contributed by atoms with Crippen molar-refractivity contribution in [2.75, 3.05) is 31.3 Å². The van der Waals surface area contributed by atoms with Crippen LogP contribution < -0.4 is 9.64 Å². The first-order valence-corrected chi connectivity index (χ1v) is 8.57. The molecular formula is C19H25N3O3. The number of aromatic nitrogens is 2. The molecule has 2 heterocycles. The average molecular weight is 343 g/mol. The molecule has 25 heavy (non-hydrogen) atoms. The van der Waals surface area contributed by atoms with Gasteiger partial charge in [-0.05, 0) is 26.0 Å². The van der Waals surface area contributed by atoms with E-state index in [4.69, 9.17) is 9.47 Å². The van der Waals surface area contributed by atoms with Crippen LogP contribution in [0.25, 0.3) is 6.08 Å². The summed E-state index contributed by atoms with van der Waals surface area (Å²) in [4.78, 5) is 2.28. The zero-order valence-corrected chi connectivity index (χ0v) is 14.8. The van der Waals surface area contributed by atoms with E-state index in [0.29, 0.717) is 31.1 Å². The Morgan fingerprint density at radius 2 is 2.28 bits per heavy atom. The zero-order valence-electron chi connectivity index (χ0n) is 14.8. The summed E-state index contributed by atoms with van der Waals surface area (Å²) >= 11 is 0. The monoisotopic (exact) mass is 343 g/mol. The number of hydrogen-bond acceptors (Lipinski definition) is 5. The van der Waals surface area contributed by atoms with Crippen molar-refractivity contribution < 1.29 is 14.6 Å². The molecule has 0 radical (unpaired) electrons. The summed E-state index contributed by atoms with van der Waals surface area (Å²) in [6.07, 6.45) is 3.43. The summed E-state index contributed by atoms with van der Waals surface area (Å²) in [5.41, 5.74) is 0.609. The van der Waals surface area contributed by atoms with Gasteiger partial charge in [0.05, 0.1) is 31.0 Å². The Labute approximate surface area is 148 Å². The molecule has 1 aromatic heterocycles. The van der Waals surface area contributed by atoms with E-state index in [9.17, 15) is 5.11 Å². The zero-order chi connectivity index (χ0) is 17.8. The molecular weight excluding hydrogens is 318 g/mol. The highest BCUT2D eigenvalue weighted by Crippen LogP contribution is 2.29. The summed E-state index contributed by atoms with van der Waals surface area (Å²) in [6, 6.07) is 7.61. The molecule has 134 valence electrons. The van der Waals surface area contributed by atoms with Crippen LogP contribution in [0.4, 0.5) is 5.82 Å². The number of morpholine rings is 1. The van der Waals surface area contributed by atoms with E-state index in [1.165, 1.54) is 0 Å². The summed E-state index contributed by atoms with van der Waals surface area (Å²) in [6.45, 7) is 10.5.